The summed E-state index contributed by atoms with van der Waals surface area (Å²) in [5, 5.41) is 3.06. The SMILES string of the molecule is CCN1CCC(NC(=O)c2ccc(S(=O)(=O)Nc3ccc(C)c(C)c3)cc2)CC1. The maximum atomic E-state index is 12.6. The van der Waals surface area contributed by atoms with Crippen LogP contribution in [-0.2, 0) is 10.0 Å². The van der Waals surface area contributed by atoms with Crippen LogP contribution in [-0.4, -0.2) is 44.9 Å². The molecule has 0 atom stereocenters. The van der Waals surface area contributed by atoms with E-state index >= 15 is 0 Å². The quantitative estimate of drug-likeness (QED) is 0.759. The summed E-state index contributed by atoms with van der Waals surface area (Å²) in [5.74, 6) is -0.161. The van der Waals surface area contributed by atoms with Gasteiger partial charge in [0.15, 0.2) is 0 Å². The minimum atomic E-state index is -3.71. The summed E-state index contributed by atoms with van der Waals surface area (Å²) in [4.78, 5) is 15.0. The summed E-state index contributed by atoms with van der Waals surface area (Å²) in [6.45, 7) is 9.07. The van der Waals surface area contributed by atoms with E-state index in [-0.39, 0.29) is 16.8 Å². The van der Waals surface area contributed by atoms with E-state index in [4.69, 9.17) is 0 Å². The highest BCUT2D eigenvalue weighted by molar-refractivity contribution is 7.92. The van der Waals surface area contributed by atoms with E-state index in [1.54, 1.807) is 24.3 Å². The van der Waals surface area contributed by atoms with Gasteiger partial charge >= 0.3 is 0 Å². The lowest BCUT2D eigenvalue weighted by Gasteiger charge is -2.31. The fourth-order valence-corrected chi connectivity index (χ4v) is 4.52. The van der Waals surface area contributed by atoms with E-state index < -0.39 is 10.0 Å². The summed E-state index contributed by atoms with van der Waals surface area (Å²) in [6, 6.07) is 11.7. The number of nitrogens with zero attached hydrogens (tertiary/aromatic N) is 1. The smallest absolute Gasteiger partial charge is 0.261 e. The number of carbonyl (C=O) groups excluding carboxylic acids is 1. The van der Waals surface area contributed by atoms with Gasteiger partial charge in [-0.2, -0.15) is 0 Å². The molecule has 29 heavy (non-hydrogen) atoms. The van der Waals surface area contributed by atoms with Crippen molar-refractivity contribution in [3.8, 4) is 0 Å². The number of rotatable bonds is 6. The predicted octanol–water partition coefficient (Wildman–Crippen LogP) is 3.32. The predicted molar refractivity (Wildman–Crippen MR) is 116 cm³/mol. The van der Waals surface area contributed by atoms with Crippen molar-refractivity contribution in [2.75, 3.05) is 24.4 Å². The van der Waals surface area contributed by atoms with Crippen LogP contribution in [0.1, 0.15) is 41.3 Å². The molecule has 0 bridgehead atoms. The Morgan fingerprint density at radius 2 is 1.69 bits per heavy atom. The number of nitrogens with one attached hydrogen (secondary N) is 2. The van der Waals surface area contributed by atoms with Gasteiger partial charge in [0.1, 0.15) is 0 Å². The standard InChI is InChI=1S/C22H29N3O3S/c1-4-25-13-11-19(12-14-25)23-22(26)18-6-9-21(10-7-18)29(27,28)24-20-8-5-16(2)17(3)15-20/h5-10,15,19,24H,4,11-14H2,1-3H3,(H,23,26). The van der Waals surface area contributed by atoms with Crippen molar-refractivity contribution >= 4 is 21.6 Å². The Kier molecular flexibility index (Phi) is 6.59. The highest BCUT2D eigenvalue weighted by atomic mass is 32.2. The molecule has 1 amide bonds. The number of amides is 1. The normalized spacial score (nSPS) is 15.8. The van der Waals surface area contributed by atoms with Gasteiger partial charge in [-0.1, -0.05) is 13.0 Å². The summed E-state index contributed by atoms with van der Waals surface area (Å²) < 4.78 is 27.9. The Bertz CT molecular complexity index is 963. The van der Waals surface area contributed by atoms with E-state index in [0.717, 1.165) is 43.6 Å². The Hall–Kier alpha value is -2.38. The van der Waals surface area contributed by atoms with Crippen LogP contribution in [0.4, 0.5) is 5.69 Å². The molecule has 2 aromatic carbocycles. The lowest BCUT2D eigenvalue weighted by atomic mass is 10.0. The van der Waals surface area contributed by atoms with Crippen LogP contribution in [0.5, 0.6) is 0 Å². The van der Waals surface area contributed by atoms with Crippen LogP contribution in [0, 0.1) is 13.8 Å². The van der Waals surface area contributed by atoms with E-state index in [0.29, 0.717) is 11.3 Å². The maximum absolute atomic E-state index is 12.6. The molecular weight excluding hydrogens is 386 g/mol. The van der Waals surface area contributed by atoms with Gasteiger partial charge in [-0.25, -0.2) is 8.42 Å². The largest absolute Gasteiger partial charge is 0.349 e. The van der Waals surface area contributed by atoms with Gasteiger partial charge in [-0.3, -0.25) is 9.52 Å². The lowest BCUT2D eigenvalue weighted by molar-refractivity contribution is 0.0912. The number of sulfonamides is 1. The number of aryl methyl sites for hydroxylation is 2. The van der Waals surface area contributed by atoms with Gasteiger partial charge in [-0.15, -0.1) is 0 Å². The third-order valence-corrected chi connectivity index (χ3v) is 6.95. The molecule has 7 heteroatoms. The Balaban J connectivity index is 1.64. The fourth-order valence-electron chi connectivity index (χ4n) is 3.47. The van der Waals surface area contributed by atoms with Gasteiger partial charge < -0.3 is 10.2 Å². The first-order valence-electron chi connectivity index (χ1n) is 10.0. The first kappa shape index (κ1) is 21.3. The Morgan fingerprint density at radius 1 is 1.03 bits per heavy atom. The van der Waals surface area contributed by atoms with Gasteiger partial charge in [0, 0.05) is 30.4 Å². The minimum absolute atomic E-state index is 0.128. The van der Waals surface area contributed by atoms with Crippen molar-refractivity contribution in [3.05, 3.63) is 59.2 Å². The summed E-state index contributed by atoms with van der Waals surface area (Å²) >= 11 is 0. The Labute approximate surface area is 173 Å². The van der Waals surface area contributed by atoms with Crippen molar-refractivity contribution in [1.82, 2.24) is 10.2 Å². The number of hydrogen-bond acceptors (Lipinski definition) is 4. The molecule has 0 saturated carbocycles. The summed E-state index contributed by atoms with van der Waals surface area (Å²) in [6.07, 6.45) is 1.87. The molecule has 1 fully saturated rings. The average molecular weight is 416 g/mol. The second-order valence-corrected chi connectivity index (χ2v) is 9.29. The van der Waals surface area contributed by atoms with Crippen LogP contribution in [0.3, 0.4) is 0 Å². The molecule has 0 aromatic heterocycles. The molecule has 1 aliphatic rings. The van der Waals surface area contributed by atoms with Crippen molar-refractivity contribution in [3.63, 3.8) is 0 Å². The molecule has 0 spiro atoms. The van der Waals surface area contributed by atoms with E-state index in [1.807, 2.05) is 19.9 Å². The summed E-state index contributed by atoms with van der Waals surface area (Å²) in [7, 11) is -3.71. The molecule has 0 aliphatic carbocycles. The van der Waals surface area contributed by atoms with Gasteiger partial charge in [0.25, 0.3) is 15.9 Å². The second kappa shape index (κ2) is 8.97. The molecule has 3 rings (SSSR count). The van der Waals surface area contributed by atoms with Crippen LogP contribution >= 0.6 is 0 Å². The fraction of sp³-hybridized carbons (Fsp3) is 0.409. The van der Waals surface area contributed by atoms with Gasteiger partial charge in [0.05, 0.1) is 4.90 Å². The van der Waals surface area contributed by atoms with Gasteiger partial charge in [-0.05, 0) is 80.8 Å². The van der Waals surface area contributed by atoms with Crippen LogP contribution in [0.2, 0.25) is 0 Å². The Morgan fingerprint density at radius 3 is 2.28 bits per heavy atom. The first-order chi connectivity index (χ1) is 13.8. The van der Waals surface area contributed by atoms with Crippen molar-refractivity contribution < 1.29 is 13.2 Å². The number of hydrogen-bond donors (Lipinski definition) is 2. The lowest BCUT2D eigenvalue weighted by Crippen LogP contribution is -2.44. The zero-order valence-corrected chi connectivity index (χ0v) is 18.1. The molecule has 0 unspecified atom stereocenters. The zero-order valence-electron chi connectivity index (χ0n) is 17.2. The molecular formula is C22H29N3O3S. The summed E-state index contributed by atoms with van der Waals surface area (Å²) in [5.41, 5.74) is 3.10. The molecule has 1 heterocycles. The maximum Gasteiger partial charge on any atom is 0.261 e. The molecule has 2 N–H and O–H groups in total. The van der Waals surface area contributed by atoms with Crippen molar-refractivity contribution in [2.24, 2.45) is 0 Å². The highest BCUT2D eigenvalue weighted by Gasteiger charge is 2.21. The number of carbonyl (C=O) groups is 1. The zero-order chi connectivity index (χ0) is 21.0. The molecule has 1 saturated heterocycles. The molecule has 1 aliphatic heterocycles. The van der Waals surface area contributed by atoms with Gasteiger partial charge in [0.2, 0.25) is 0 Å². The third-order valence-electron chi connectivity index (χ3n) is 5.56. The van der Waals surface area contributed by atoms with Crippen LogP contribution in [0.15, 0.2) is 47.4 Å². The van der Waals surface area contributed by atoms with E-state index in [1.165, 1.54) is 12.1 Å². The average Bonchev–Trinajstić information content (AvgIpc) is 2.71. The number of anilines is 1. The van der Waals surface area contributed by atoms with Crippen molar-refractivity contribution in [1.29, 1.82) is 0 Å². The highest BCUT2D eigenvalue weighted by Crippen LogP contribution is 2.20. The number of piperidine rings is 1. The van der Waals surface area contributed by atoms with Crippen LogP contribution in [0.25, 0.3) is 0 Å². The molecule has 156 valence electrons. The first-order valence-corrected chi connectivity index (χ1v) is 11.5. The number of benzene rings is 2. The monoisotopic (exact) mass is 415 g/mol. The molecule has 6 nitrogen and oxygen atoms in total. The topological polar surface area (TPSA) is 78.5 Å². The third kappa shape index (κ3) is 5.36. The van der Waals surface area contributed by atoms with E-state index in [9.17, 15) is 13.2 Å². The van der Waals surface area contributed by atoms with Crippen molar-refractivity contribution in [2.45, 2.75) is 44.6 Å². The van der Waals surface area contributed by atoms with E-state index in [2.05, 4.69) is 21.9 Å². The number of likely N-dealkylation sites (tertiary alicyclic amines) is 1. The second-order valence-electron chi connectivity index (χ2n) is 7.61. The molecule has 0 radical (unpaired) electrons. The minimum Gasteiger partial charge on any atom is -0.349 e. The van der Waals surface area contributed by atoms with Crippen LogP contribution < -0.4 is 10.0 Å². The molecule has 2 aromatic rings.